The van der Waals surface area contributed by atoms with Gasteiger partial charge in [-0.25, -0.2) is 4.98 Å². The van der Waals surface area contributed by atoms with E-state index < -0.39 is 0 Å². The van der Waals surface area contributed by atoms with Crippen molar-refractivity contribution in [3.63, 3.8) is 0 Å². The lowest BCUT2D eigenvalue weighted by Gasteiger charge is -2.31. The molecule has 4 aromatic rings. The molecule has 1 aliphatic rings. The number of nitrogens with zero attached hydrogens (tertiary/aromatic N) is 2. The molecule has 0 bridgehead atoms. The van der Waals surface area contributed by atoms with E-state index >= 15 is 0 Å². The number of aromatic amines is 1. The van der Waals surface area contributed by atoms with Crippen LogP contribution in [0.2, 0.25) is 0 Å². The Bertz CT molecular complexity index is 1130. The van der Waals surface area contributed by atoms with Gasteiger partial charge in [-0.05, 0) is 48.6 Å². The van der Waals surface area contributed by atoms with E-state index in [2.05, 4.69) is 46.5 Å². The van der Waals surface area contributed by atoms with Crippen LogP contribution in [0.5, 0.6) is 0 Å². The number of hydrogen-bond donors (Lipinski definition) is 1. The van der Waals surface area contributed by atoms with Gasteiger partial charge >= 0.3 is 0 Å². The fourth-order valence-electron chi connectivity index (χ4n) is 4.05. The number of thiazole rings is 1. The van der Waals surface area contributed by atoms with Crippen LogP contribution in [0.1, 0.15) is 29.3 Å². The first kappa shape index (κ1) is 17.2. The summed E-state index contributed by atoms with van der Waals surface area (Å²) in [4.78, 5) is 22.5. The lowest BCUT2D eigenvalue weighted by atomic mass is 9.89. The van der Waals surface area contributed by atoms with Crippen molar-refractivity contribution in [1.29, 1.82) is 0 Å². The molecule has 5 rings (SSSR count). The van der Waals surface area contributed by atoms with E-state index in [4.69, 9.17) is 0 Å². The van der Waals surface area contributed by atoms with Gasteiger partial charge in [0, 0.05) is 36.3 Å². The van der Waals surface area contributed by atoms with Gasteiger partial charge < -0.3 is 9.88 Å². The molecule has 28 heavy (non-hydrogen) atoms. The van der Waals surface area contributed by atoms with Crippen molar-refractivity contribution < 1.29 is 4.79 Å². The maximum Gasteiger partial charge on any atom is 0.246 e. The molecule has 0 aliphatic carbocycles. The minimum atomic E-state index is 0.0802. The molecule has 5 heteroatoms. The summed E-state index contributed by atoms with van der Waals surface area (Å²) in [5, 5.41) is 2.19. The summed E-state index contributed by atoms with van der Waals surface area (Å²) >= 11 is 1.61. The summed E-state index contributed by atoms with van der Waals surface area (Å²) in [6, 6.07) is 16.5. The Labute approximate surface area is 167 Å². The van der Waals surface area contributed by atoms with Crippen molar-refractivity contribution >= 4 is 44.4 Å². The molecule has 0 saturated carbocycles. The summed E-state index contributed by atoms with van der Waals surface area (Å²) in [7, 11) is 0. The Balaban J connectivity index is 1.24. The summed E-state index contributed by atoms with van der Waals surface area (Å²) in [5.74, 6) is 0.588. The molecule has 0 unspecified atom stereocenters. The van der Waals surface area contributed by atoms with Crippen LogP contribution in [-0.2, 0) is 4.79 Å². The molecule has 1 saturated heterocycles. The van der Waals surface area contributed by atoms with Crippen LogP contribution in [0.15, 0.2) is 60.8 Å². The third-order valence-corrected chi connectivity index (χ3v) is 6.55. The molecule has 2 aromatic carbocycles. The molecular weight excluding hydrogens is 366 g/mol. The van der Waals surface area contributed by atoms with Gasteiger partial charge in [0.15, 0.2) is 0 Å². The second-order valence-corrected chi connectivity index (χ2v) is 8.30. The van der Waals surface area contributed by atoms with Crippen molar-refractivity contribution in [2.45, 2.75) is 18.8 Å². The number of amides is 1. The number of rotatable bonds is 3. The number of piperidine rings is 1. The molecule has 0 atom stereocenters. The summed E-state index contributed by atoms with van der Waals surface area (Å²) in [6.07, 6.45) is 7.66. The SMILES string of the molecule is O=C(/C=C/c1nc2ccccc2s1)N1CCC(c2c[nH]c3ccccc23)CC1. The molecule has 3 heterocycles. The Morgan fingerprint density at radius 1 is 1.11 bits per heavy atom. The van der Waals surface area contributed by atoms with E-state index in [1.165, 1.54) is 16.5 Å². The predicted octanol–water partition coefficient (Wildman–Crippen LogP) is 5.20. The Kier molecular flexibility index (Phi) is 4.45. The number of fused-ring (bicyclic) bond motifs is 2. The molecule has 1 amide bonds. The van der Waals surface area contributed by atoms with Crippen LogP contribution in [0, 0.1) is 0 Å². The Hall–Kier alpha value is -2.92. The highest BCUT2D eigenvalue weighted by Crippen LogP contribution is 2.33. The number of hydrogen-bond acceptors (Lipinski definition) is 3. The summed E-state index contributed by atoms with van der Waals surface area (Å²) < 4.78 is 1.15. The van der Waals surface area contributed by atoms with Gasteiger partial charge in [-0.15, -0.1) is 11.3 Å². The first-order valence-corrected chi connectivity index (χ1v) is 10.5. The number of likely N-dealkylation sites (tertiary alicyclic amines) is 1. The van der Waals surface area contributed by atoms with E-state index in [0.717, 1.165) is 41.2 Å². The van der Waals surface area contributed by atoms with Crippen molar-refractivity contribution in [3.8, 4) is 0 Å². The molecular formula is C23H21N3OS. The highest BCUT2D eigenvalue weighted by Gasteiger charge is 2.24. The average Bonchev–Trinajstić information content (AvgIpc) is 3.36. The zero-order valence-corrected chi connectivity index (χ0v) is 16.3. The Morgan fingerprint density at radius 2 is 1.89 bits per heavy atom. The largest absolute Gasteiger partial charge is 0.361 e. The van der Waals surface area contributed by atoms with E-state index in [1.807, 2.05) is 29.2 Å². The quantitative estimate of drug-likeness (QED) is 0.491. The molecule has 2 aromatic heterocycles. The number of carbonyl (C=O) groups excluding carboxylic acids is 1. The van der Waals surface area contributed by atoms with Gasteiger partial charge in [-0.1, -0.05) is 30.3 Å². The number of para-hydroxylation sites is 2. The van der Waals surface area contributed by atoms with Crippen LogP contribution in [-0.4, -0.2) is 33.9 Å². The maximum absolute atomic E-state index is 12.6. The highest BCUT2D eigenvalue weighted by atomic mass is 32.1. The lowest BCUT2D eigenvalue weighted by Crippen LogP contribution is -2.36. The average molecular weight is 388 g/mol. The topological polar surface area (TPSA) is 49.0 Å². The molecule has 1 N–H and O–H groups in total. The van der Waals surface area contributed by atoms with Gasteiger partial charge in [0.1, 0.15) is 5.01 Å². The molecule has 140 valence electrons. The fourth-order valence-corrected chi connectivity index (χ4v) is 4.92. The van der Waals surface area contributed by atoms with Crippen LogP contribution in [0.25, 0.3) is 27.2 Å². The van der Waals surface area contributed by atoms with Crippen LogP contribution >= 0.6 is 11.3 Å². The zero-order valence-electron chi connectivity index (χ0n) is 15.5. The van der Waals surface area contributed by atoms with Crippen molar-refractivity contribution in [2.75, 3.05) is 13.1 Å². The van der Waals surface area contributed by atoms with E-state index in [0.29, 0.717) is 5.92 Å². The standard InChI is InChI=1S/C23H21N3OS/c27-23(10-9-22-25-20-7-3-4-8-21(20)28-22)26-13-11-16(12-14-26)18-15-24-19-6-2-1-5-17(18)19/h1-10,15-16,24H,11-14H2/b10-9+. The van der Waals surface area contributed by atoms with Crippen LogP contribution in [0.4, 0.5) is 0 Å². The normalized spacial score (nSPS) is 15.8. The lowest BCUT2D eigenvalue weighted by molar-refractivity contribution is -0.126. The molecule has 0 radical (unpaired) electrons. The van der Waals surface area contributed by atoms with Gasteiger partial charge in [0.2, 0.25) is 5.91 Å². The third-order valence-electron chi connectivity index (χ3n) is 5.55. The van der Waals surface area contributed by atoms with E-state index in [9.17, 15) is 4.79 Å². The molecule has 1 fully saturated rings. The summed E-state index contributed by atoms with van der Waals surface area (Å²) in [6.45, 7) is 1.60. The minimum Gasteiger partial charge on any atom is -0.361 e. The van der Waals surface area contributed by atoms with Gasteiger partial charge in [0.05, 0.1) is 10.2 Å². The predicted molar refractivity (Wildman–Crippen MR) is 116 cm³/mol. The van der Waals surface area contributed by atoms with Crippen LogP contribution < -0.4 is 0 Å². The van der Waals surface area contributed by atoms with Gasteiger partial charge in [-0.2, -0.15) is 0 Å². The molecule has 0 spiro atoms. The first-order valence-electron chi connectivity index (χ1n) is 9.66. The molecule has 4 nitrogen and oxygen atoms in total. The number of H-pyrrole nitrogens is 1. The van der Waals surface area contributed by atoms with Gasteiger partial charge in [-0.3, -0.25) is 4.79 Å². The van der Waals surface area contributed by atoms with Crippen molar-refractivity contribution in [2.24, 2.45) is 0 Å². The second-order valence-electron chi connectivity index (χ2n) is 7.24. The molecule has 1 aliphatic heterocycles. The fraction of sp³-hybridized carbons (Fsp3) is 0.217. The second kappa shape index (κ2) is 7.24. The van der Waals surface area contributed by atoms with Crippen molar-refractivity contribution in [3.05, 3.63) is 71.4 Å². The van der Waals surface area contributed by atoms with Gasteiger partial charge in [0.25, 0.3) is 0 Å². The van der Waals surface area contributed by atoms with E-state index in [-0.39, 0.29) is 5.91 Å². The zero-order chi connectivity index (χ0) is 18.9. The van der Waals surface area contributed by atoms with E-state index in [1.54, 1.807) is 17.4 Å². The number of carbonyl (C=O) groups is 1. The third kappa shape index (κ3) is 3.22. The number of benzene rings is 2. The smallest absolute Gasteiger partial charge is 0.246 e. The monoisotopic (exact) mass is 387 g/mol. The minimum absolute atomic E-state index is 0.0802. The number of aromatic nitrogens is 2. The Morgan fingerprint density at radius 3 is 2.75 bits per heavy atom. The highest BCUT2D eigenvalue weighted by molar-refractivity contribution is 7.19. The summed E-state index contributed by atoms with van der Waals surface area (Å²) in [5.41, 5.74) is 3.56. The van der Waals surface area contributed by atoms with Crippen LogP contribution in [0.3, 0.4) is 0 Å². The first-order chi connectivity index (χ1) is 13.8. The maximum atomic E-state index is 12.6. The number of nitrogens with one attached hydrogen (secondary N) is 1. The van der Waals surface area contributed by atoms with Crippen molar-refractivity contribution in [1.82, 2.24) is 14.9 Å².